The quantitative estimate of drug-likeness (QED) is 0.933. The largest absolute Gasteiger partial charge is 0.348 e. The minimum Gasteiger partial charge on any atom is -0.348 e. The summed E-state index contributed by atoms with van der Waals surface area (Å²) in [4.78, 5) is 4.34. The number of nitrogens with zero attached hydrogens (tertiary/aromatic N) is 2. The van der Waals surface area contributed by atoms with Gasteiger partial charge in [-0.1, -0.05) is 0 Å². The van der Waals surface area contributed by atoms with Gasteiger partial charge in [0.15, 0.2) is 0 Å². The third-order valence-electron chi connectivity index (χ3n) is 2.38. The Morgan fingerprint density at radius 1 is 1.31 bits per heavy atom. The van der Waals surface area contributed by atoms with Crippen LogP contribution in [0.15, 0.2) is 41.3 Å². The van der Waals surface area contributed by atoms with E-state index in [1.54, 1.807) is 0 Å². The number of rotatable bonds is 4. The zero-order valence-electron chi connectivity index (χ0n) is 8.94. The highest BCUT2D eigenvalue weighted by Gasteiger charge is 1.98. The molecule has 0 saturated heterocycles. The van der Waals surface area contributed by atoms with Gasteiger partial charge in [-0.2, -0.15) is 0 Å². The summed E-state index contributed by atoms with van der Waals surface area (Å²) in [5, 5.41) is 0. The van der Waals surface area contributed by atoms with Crippen molar-refractivity contribution in [2.75, 3.05) is 6.54 Å². The standard InChI is InChI=1S/C12H14BrN3/c13-11-1-2-12(15-7-11)9-16-6-4-10(8-16)3-5-14/h1-2,4,6-8H,3,5,9,14H2. The van der Waals surface area contributed by atoms with Crippen molar-refractivity contribution < 1.29 is 0 Å². The van der Waals surface area contributed by atoms with E-state index in [0.29, 0.717) is 6.54 Å². The Morgan fingerprint density at radius 3 is 2.88 bits per heavy atom. The molecule has 0 aliphatic carbocycles. The van der Waals surface area contributed by atoms with Crippen molar-refractivity contribution in [2.45, 2.75) is 13.0 Å². The molecule has 0 atom stereocenters. The molecule has 0 fully saturated rings. The molecule has 0 amide bonds. The normalized spacial score (nSPS) is 10.6. The zero-order chi connectivity index (χ0) is 11.4. The molecule has 0 aliphatic rings. The van der Waals surface area contributed by atoms with E-state index in [2.05, 4.69) is 43.9 Å². The average molecular weight is 280 g/mol. The van der Waals surface area contributed by atoms with E-state index < -0.39 is 0 Å². The van der Waals surface area contributed by atoms with Crippen LogP contribution in [-0.4, -0.2) is 16.1 Å². The monoisotopic (exact) mass is 279 g/mol. The van der Waals surface area contributed by atoms with Crippen molar-refractivity contribution in [1.29, 1.82) is 0 Å². The van der Waals surface area contributed by atoms with Crippen LogP contribution in [0.1, 0.15) is 11.3 Å². The van der Waals surface area contributed by atoms with Gasteiger partial charge >= 0.3 is 0 Å². The number of hydrogen-bond donors (Lipinski definition) is 1. The minimum atomic E-state index is 0.695. The van der Waals surface area contributed by atoms with E-state index in [1.165, 1.54) is 5.56 Å². The van der Waals surface area contributed by atoms with Crippen LogP contribution in [0.5, 0.6) is 0 Å². The maximum Gasteiger partial charge on any atom is 0.0642 e. The number of hydrogen-bond acceptors (Lipinski definition) is 2. The van der Waals surface area contributed by atoms with E-state index in [9.17, 15) is 0 Å². The van der Waals surface area contributed by atoms with Gasteiger partial charge in [-0.25, -0.2) is 0 Å². The molecule has 4 heteroatoms. The first kappa shape index (κ1) is 11.4. The second-order valence-corrected chi connectivity index (χ2v) is 4.61. The third-order valence-corrected chi connectivity index (χ3v) is 2.85. The van der Waals surface area contributed by atoms with Crippen LogP contribution >= 0.6 is 15.9 Å². The molecule has 2 aromatic rings. The van der Waals surface area contributed by atoms with Crippen LogP contribution in [0.3, 0.4) is 0 Å². The zero-order valence-corrected chi connectivity index (χ0v) is 10.5. The summed E-state index contributed by atoms with van der Waals surface area (Å²) >= 11 is 3.37. The SMILES string of the molecule is NCCc1ccn(Cc2ccc(Br)cn2)c1. The van der Waals surface area contributed by atoms with E-state index >= 15 is 0 Å². The summed E-state index contributed by atoms with van der Waals surface area (Å²) in [6, 6.07) is 6.13. The van der Waals surface area contributed by atoms with Crippen LogP contribution in [-0.2, 0) is 13.0 Å². The summed E-state index contributed by atoms with van der Waals surface area (Å²) < 4.78 is 3.13. The molecule has 2 rings (SSSR count). The van der Waals surface area contributed by atoms with Gasteiger partial charge in [0.1, 0.15) is 0 Å². The highest BCUT2D eigenvalue weighted by atomic mass is 79.9. The van der Waals surface area contributed by atoms with Crippen LogP contribution < -0.4 is 5.73 Å². The first-order chi connectivity index (χ1) is 7.78. The summed E-state index contributed by atoms with van der Waals surface area (Å²) in [6.07, 6.45) is 6.94. The second kappa shape index (κ2) is 5.27. The molecular formula is C12H14BrN3. The Bertz CT molecular complexity index is 448. The van der Waals surface area contributed by atoms with Gasteiger partial charge in [-0.15, -0.1) is 0 Å². The average Bonchev–Trinajstić information content (AvgIpc) is 2.70. The van der Waals surface area contributed by atoms with Gasteiger partial charge in [-0.05, 0) is 52.7 Å². The Kier molecular flexibility index (Phi) is 3.74. The Balaban J connectivity index is 2.05. The molecule has 84 valence electrons. The van der Waals surface area contributed by atoms with Gasteiger partial charge in [0.05, 0.1) is 12.2 Å². The molecule has 0 saturated carbocycles. The van der Waals surface area contributed by atoms with Crippen molar-refractivity contribution in [3.8, 4) is 0 Å². The molecule has 3 nitrogen and oxygen atoms in total. The van der Waals surface area contributed by atoms with E-state index in [4.69, 9.17) is 5.73 Å². The summed E-state index contributed by atoms with van der Waals surface area (Å²) in [5.41, 5.74) is 7.84. The molecule has 0 spiro atoms. The molecule has 16 heavy (non-hydrogen) atoms. The topological polar surface area (TPSA) is 43.8 Å². The van der Waals surface area contributed by atoms with Gasteiger partial charge in [0.25, 0.3) is 0 Å². The van der Waals surface area contributed by atoms with Crippen LogP contribution in [0.25, 0.3) is 0 Å². The van der Waals surface area contributed by atoms with Crippen molar-refractivity contribution in [2.24, 2.45) is 5.73 Å². The van der Waals surface area contributed by atoms with Gasteiger partial charge < -0.3 is 10.3 Å². The number of halogens is 1. The van der Waals surface area contributed by atoms with Crippen molar-refractivity contribution >= 4 is 15.9 Å². The Labute approximate surface area is 103 Å². The summed E-state index contributed by atoms with van der Waals surface area (Å²) in [7, 11) is 0. The predicted octanol–water partition coefficient (Wildman–Crippen LogP) is 2.20. The number of aromatic nitrogens is 2. The Hall–Kier alpha value is -1.13. The maximum absolute atomic E-state index is 5.51. The molecule has 0 aromatic carbocycles. The lowest BCUT2D eigenvalue weighted by Gasteiger charge is -2.02. The second-order valence-electron chi connectivity index (χ2n) is 3.70. The van der Waals surface area contributed by atoms with Gasteiger partial charge in [0, 0.05) is 23.1 Å². The predicted molar refractivity (Wildman–Crippen MR) is 68.2 cm³/mol. The third kappa shape index (κ3) is 2.93. The number of pyridine rings is 1. The summed E-state index contributed by atoms with van der Waals surface area (Å²) in [6.45, 7) is 1.50. The van der Waals surface area contributed by atoms with Crippen LogP contribution in [0, 0.1) is 0 Å². The van der Waals surface area contributed by atoms with E-state index in [-0.39, 0.29) is 0 Å². The highest BCUT2D eigenvalue weighted by Crippen LogP contribution is 2.09. The van der Waals surface area contributed by atoms with E-state index in [0.717, 1.165) is 23.1 Å². The molecule has 0 bridgehead atoms. The van der Waals surface area contributed by atoms with Gasteiger partial charge in [-0.3, -0.25) is 4.98 Å². The molecule has 2 aromatic heterocycles. The molecular weight excluding hydrogens is 266 g/mol. The first-order valence-electron chi connectivity index (χ1n) is 5.23. The fourth-order valence-electron chi connectivity index (χ4n) is 1.59. The van der Waals surface area contributed by atoms with Crippen LogP contribution in [0.2, 0.25) is 0 Å². The van der Waals surface area contributed by atoms with E-state index in [1.807, 2.05) is 18.3 Å². The molecule has 0 unspecified atom stereocenters. The lowest BCUT2D eigenvalue weighted by Crippen LogP contribution is -2.02. The fourth-order valence-corrected chi connectivity index (χ4v) is 1.83. The number of nitrogens with two attached hydrogens (primary N) is 1. The van der Waals surface area contributed by atoms with Crippen molar-refractivity contribution in [1.82, 2.24) is 9.55 Å². The summed E-state index contributed by atoms with van der Waals surface area (Å²) in [5.74, 6) is 0. The highest BCUT2D eigenvalue weighted by molar-refractivity contribution is 9.10. The van der Waals surface area contributed by atoms with Crippen molar-refractivity contribution in [3.05, 3.63) is 52.5 Å². The minimum absolute atomic E-state index is 0.695. The molecule has 0 aliphatic heterocycles. The molecule has 0 radical (unpaired) electrons. The molecule has 2 heterocycles. The maximum atomic E-state index is 5.51. The lowest BCUT2D eigenvalue weighted by atomic mass is 10.2. The Morgan fingerprint density at radius 2 is 2.19 bits per heavy atom. The fraction of sp³-hybridized carbons (Fsp3) is 0.250. The lowest BCUT2D eigenvalue weighted by molar-refractivity contribution is 0.775. The van der Waals surface area contributed by atoms with Crippen molar-refractivity contribution in [3.63, 3.8) is 0 Å². The van der Waals surface area contributed by atoms with Gasteiger partial charge in [0.2, 0.25) is 0 Å². The smallest absolute Gasteiger partial charge is 0.0642 e. The van der Waals surface area contributed by atoms with Crippen LogP contribution in [0.4, 0.5) is 0 Å². The molecule has 2 N–H and O–H groups in total. The first-order valence-corrected chi connectivity index (χ1v) is 6.02.